The minimum absolute atomic E-state index is 0.306. The lowest BCUT2D eigenvalue weighted by Gasteiger charge is -2.15. The van der Waals surface area contributed by atoms with Crippen LogP contribution in [0.1, 0.15) is 27.2 Å². The van der Waals surface area contributed by atoms with E-state index in [-0.39, 0.29) is 0 Å². The molecule has 1 nitrogen and oxygen atoms in total. The lowest BCUT2D eigenvalue weighted by molar-refractivity contribution is 0.103. The SMILES string of the molecule is [CH2]OC(C)C(C)CC. The lowest BCUT2D eigenvalue weighted by atomic mass is 10.0. The molecule has 0 rings (SSSR count). The summed E-state index contributed by atoms with van der Waals surface area (Å²) in [4.78, 5) is 0. The highest BCUT2D eigenvalue weighted by molar-refractivity contribution is 4.57. The van der Waals surface area contributed by atoms with Crippen molar-refractivity contribution in [2.75, 3.05) is 0 Å². The number of rotatable bonds is 3. The maximum Gasteiger partial charge on any atom is 0.0704 e. The molecule has 0 aromatic rings. The van der Waals surface area contributed by atoms with Crippen LogP contribution in [-0.2, 0) is 4.74 Å². The van der Waals surface area contributed by atoms with Gasteiger partial charge >= 0.3 is 0 Å². The average Bonchev–Trinajstić information content (AvgIpc) is 1.84. The first kappa shape index (κ1) is 7.96. The first-order valence-corrected chi connectivity index (χ1v) is 3.13. The van der Waals surface area contributed by atoms with Crippen molar-refractivity contribution in [1.82, 2.24) is 0 Å². The molecule has 2 unspecified atom stereocenters. The summed E-state index contributed by atoms with van der Waals surface area (Å²) in [5.74, 6) is 0.632. The van der Waals surface area contributed by atoms with Crippen LogP contribution in [0.2, 0.25) is 0 Å². The first-order chi connectivity index (χ1) is 3.72. The van der Waals surface area contributed by atoms with Crippen molar-refractivity contribution >= 4 is 0 Å². The Morgan fingerprint density at radius 2 is 2.00 bits per heavy atom. The van der Waals surface area contributed by atoms with E-state index in [0.29, 0.717) is 12.0 Å². The Bertz CT molecular complexity index is 44.3. The maximum atomic E-state index is 4.85. The lowest BCUT2D eigenvalue weighted by Crippen LogP contribution is -2.13. The third-order valence-electron chi connectivity index (χ3n) is 1.71. The van der Waals surface area contributed by atoms with Crippen LogP contribution in [0, 0.1) is 13.0 Å². The molecule has 1 radical (unpaired) electrons. The molecule has 0 spiro atoms. The van der Waals surface area contributed by atoms with E-state index < -0.39 is 0 Å². The van der Waals surface area contributed by atoms with Crippen LogP contribution in [0.25, 0.3) is 0 Å². The Kier molecular flexibility index (Phi) is 3.88. The Morgan fingerprint density at radius 3 is 2.12 bits per heavy atom. The fraction of sp³-hybridized carbons (Fsp3) is 0.857. The molecule has 0 N–H and O–H groups in total. The van der Waals surface area contributed by atoms with Gasteiger partial charge in [-0.15, -0.1) is 0 Å². The van der Waals surface area contributed by atoms with Crippen molar-refractivity contribution in [2.24, 2.45) is 5.92 Å². The Hall–Kier alpha value is -0.0400. The Labute approximate surface area is 52.0 Å². The molecule has 0 aliphatic rings. The quantitative estimate of drug-likeness (QED) is 0.548. The van der Waals surface area contributed by atoms with Gasteiger partial charge in [-0.2, -0.15) is 0 Å². The zero-order chi connectivity index (χ0) is 6.57. The molecule has 0 fully saturated rings. The summed E-state index contributed by atoms with van der Waals surface area (Å²) in [6.45, 7) is 6.36. The van der Waals surface area contributed by atoms with E-state index in [1.165, 1.54) is 0 Å². The smallest absolute Gasteiger partial charge is 0.0704 e. The van der Waals surface area contributed by atoms with Crippen LogP contribution in [0.3, 0.4) is 0 Å². The third kappa shape index (κ3) is 2.31. The summed E-state index contributed by atoms with van der Waals surface area (Å²) < 4.78 is 4.85. The summed E-state index contributed by atoms with van der Waals surface area (Å²) in [7, 11) is 3.35. The summed E-state index contributed by atoms with van der Waals surface area (Å²) in [5, 5.41) is 0. The molecule has 0 aliphatic carbocycles. The minimum atomic E-state index is 0.306. The van der Waals surface area contributed by atoms with Gasteiger partial charge in [0.2, 0.25) is 0 Å². The van der Waals surface area contributed by atoms with E-state index in [1.807, 2.05) is 6.92 Å². The van der Waals surface area contributed by atoms with E-state index >= 15 is 0 Å². The van der Waals surface area contributed by atoms with E-state index in [4.69, 9.17) is 4.74 Å². The molecule has 8 heavy (non-hydrogen) atoms. The van der Waals surface area contributed by atoms with Gasteiger partial charge in [-0.25, -0.2) is 0 Å². The summed E-state index contributed by atoms with van der Waals surface area (Å²) in [5.41, 5.74) is 0. The zero-order valence-corrected chi connectivity index (χ0v) is 5.98. The minimum Gasteiger partial charge on any atom is -0.376 e. The van der Waals surface area contributed by atoms with Gasteiger partial charge in [0.25, 0.3) is 0 Å². The molecule has 0 aromatic carbocycles. The molecule has 1 heteroatoms. The standard InChI is InChI=1S/C7H15O/c1-5-6(2)7(3)8-4/h6-7H,4-5H2,1-3H3. The van der Waals surface area contributed by atoms with Crippen molar-refractivity contribution in [3.05, 3.63) is 7.11 Å². The van der Waals surface area contributed by atoms with E-state index in [0.717, 1.165) is 6.42 Å². The molecule has 0 saturated carbocycles. The highest BCUT2D eigenvalue weighted by Gasteiger charge is 2.06. The van der Waals surface area contributed by atoms with Crippen LogP contribution in [0.15, 0.2) is 0 Å². The fourth-order valence-corrected chi connectivity index (χ4v) is 0.496. The van der Waals surface area contributed by atoms with E-state index in [2.05, 4.69) is 21.0 Å². The number of hydrogen-bond donors (Lipinski definition) is 0. The van der Waals surface area contributed by atoms with Crippen molar-refractivity contribution in [2.45, 2.75) is 33.3 Å². The van der Waals surface area contributed by atoms with Gasteiger partial charge in [0, 0.05) is 0 Å². The Balaban J connectivity index is 3.29. The van der Waals surface area contributed by atoms with Crippen LogP contribution >= 0.6 is 0 Å². The summed E-state index contributed by atoms with van der Waals surface area (Å²) in [6, 6.07) is 0. The number of ether oxygens (including phenoxy) is 1. The van der Waals surface area contributed by atoms with Gasteiger partial charge in [0.15, 0.2) is 0 Å². The highest BCUT2D eigenvalue weighted by Crippen LogP contribution is 2.08. The van der Waals surface area contributed by atoms with Crippen molar-refractivity contribution in [1.29, 1.82) is 0 Å². The zero-order valence-electron chi connectivity index (χ0n) is 5.98. The van der Waals surface area contributed by atoms with Gasteiger partial charge in [-0.05, 0) is 12.8 Å². The second-order valence-electron chi connectivity index (χ2n) is 2.26. The van der Waals surface area contributed by atoms with E-state index in [9.17, 15) is 0 Å². The van der Waals surface area contributed by atoms with Gasteiger partial charge in [-0.3, -0.25) is 0 Å². The topological polar surface area (TPSA) is 9.23 Å². The van der Waals surface area contributed by atoms with Crippen molar-refractivity contribution in [3.63, 3.8) is 0 Å². The molecule has 2 atom stereocenters. The van der Waals surface area contributed by atoms with Gasteiger partial charge in [0.05, 0.1) is 13.2 Å². The van der Waals surface area contributed by atoms with Crippen LogP contribution < -0.4 is 0 Å². The summed E-state index contributed by atoms with van der Waals surface area (Å²) >= 11 is 0. The average molecular weight is 115 g/mol. The number of hydrogen-bond acceptors (Lipinski definition) is 1. The molecular weight excluding hydrogens is 100 g/mol. The molecule has 0 amide bonds. The molecule has 49 valence electrons. The van der Waals surface area contributed by atoms with Gasteiger partial charge in [-0.1, -0.05) is 20.3 Å². The molecular formula is C7H15O. The molecule has 0 heterocycles. The predicted octanol–water partition coefficient (Wildman–Crippen LogP) is 2.23. The van der Waals surface area contributed by atoms with Crippen molar-refractivity contribution in [3.8, 4) is 0 Å². The Morgan fingerprint density at radius 1 is 1.50 bits per heavy atom. The van der Waals surface area contributed by atoms with Crippen LogP contribution in [0.5, 0.6) is 0 Å². The molecule has 0 saturated heterocycles. The van der Waals surface area contributed by atoms with E-state index in [1.54, 1.807) is 0 Å². The van der Waals surface area contributed by atoms with Crippen molar-refractivity contribution < 1.29 is 4.74 Å². The normalized spacial score (nSPS) is 18.0. The highest BCUT2D eigenvalue weighted by atomic mass is 16.5. The molecule has 0 bridgehead atoms. The third-order valence-corrected chi connectivity index (χ3v) is 1.71. The molecule has 0 aliphatic heterocycles. The van der Waals surface area contributed by atoms with Crippen LogP contribution in [-0.4, -0.2) is 6.10 Å². The van der Waals surface area contributed by atoms with Gasteiger partial charge in [0.1, 0.15) is 0 Å². The first-order valence-electron chi connectivity index (χ1n) is 3.13. The predicted molar refractivity (Wildman–Crippen MR) is 35.4 cm³/mol. The molecule has 0 aromatic heterocycles. The van der Waals surface area contributed by atoms with Crippen LogP contribution in [0.4, 0.5) is 0 Å². The maximum absolute atomic E-state index is 4.85. The van der Waals surface area contributed by atoms with Gasteiger partial charge < -0.3 is 4.74 Å². The summed E-state index contributed by atoms with van der Waals surface area (Å²) in [6.07, 6.45) is 1.47. The second-order valence-corrected chi connectivity index (χ2v) is 2.26. The second kappa shape index (κ2) is 3.90. The largest absolute Gasteiger partial charge is 0.376 e. The fourth-order valence-electron chi connectivity index (χ4n) is 0.496. The monoisotopic (exact) mass is 115 g/mol.